The number of amides is 1. The predicted molar refractivity (Wildman–Crippen MR) is 142 cm³/mol. The van der Waals surface area contributed by atoms with E-state index in [1.54, 1.807) is 0 Å². The van der Waals surface area contributed by atoms with Gasteiger partial charge in [-0.05, 0) is 67.1 Å². The van der Waals surface area contributed by atoms with Crippen molar-refractivity contribution >= 4 is 35.1 Å². The van der Waals surface area contributed by atoms with Gasteiger partial charge >= 0.3 is 11.9 Å². The average molecular weight is 548 g/mol. The number of likely N-dealkylation sites (tertiary alicyclic amines) is 1. The van der Waals surface area contributed by atoms with Crippen molar-refractivity contribution in [3.05, 3.63) is 63.7 Å². The Morgan fingerprint density at radius 2 is 1.47 bits per heavy atom. The summed E-state index contributed by atoms with van der Waals surface area (Å²) in [4.78, 5) is 33.8. The van der Waals surface area contributed by atoms with Gasteiger partial charge in [0.1, 0.15) is 0 Å². The van der Waals surface area contributed by atoms with Crippen molar-refractivity contribution in [1.29, 1.82) is 0 Å². The normalized spacial score (nSPS) is 16.3. The summed E-state index contributed by atoms with van der Waals surface area (Å²) in [6.07, 6.45) is 0.279. The smallest absolute Gasteiger partial charge is 0.335 e. The lowest BCUT2D eigenvalue weighted by atomic mass is 10.0. The van der Waals surface area contributed by atoms with Crippen molar-refractivity contribution in [3.63, 3.8) is 0 Å². The third-order valence-electron chi connectivity index (χ3n) is 6.59. The van der Waals surface area contributed by atoms with Gasteiger partial charge in [0.25, 0.3) is 0 Å². The number of aliphatic hydroxyl groups excluding tert-OH is 2. The van der Waals surface area contributed by atoms with Gasteiger partial charge in [-0.15, -0.1) is 0 Å². The number of carboxylic acid groups (broad SMARTS) is 2. The molecule has 1 amide bonds. The number of hydrogen-bond donors (Lipinski definition) is 6. The van der Waals surface area contributed by atoms with Crippen LogP contribution in [-0.2, 0) is 40.2 Å². The third-order valence-corrected chi connectivity index (χ3v) is 6.91. The van der Waals surface area contributed by atoms with Crippen LogP contribution in [-0.4, -0.2) is 81.6 Å². The zero-order valence-corrected chi connectivity index (χ0v) is 21.8. The molecule has 2 heterocycles. The van der Waals surface area contributed by atoms with E-state index in [9.17, 15) is 14.4 Å². The lowest BCUT2D eigenvalue weighted by Crippen LogP contribution is -2.39. The van der Waals surface area contributed by atoms with Crippen LogP contribution in [0.4, 0.5) is 5.69 Å². The maximum absolute atomic E-state index is 12.3. The van der Waals surface area contributed by atoms with Crippen LogP contribution in [0, 0.1) is 0 Å². The number of halogens is 1. The van der Waals surface area contributed by atoms with Crippen molar-refractivity contribution in [1.82, 2.24) is 10.2 Å². The first-order valence-corrected chi connectivity index (χ1v) is 13.0. The Balaban J connectivity index is 0.000000342. The molecule has 10 nitrogen and oxygen atoms in total. The number of carboxylic acids is 2. The van der Waals surface area contributed by atoms with E-state index in [0.29, 0.717) is 6.42 Å². The summed E-state index contributed by atoms with van der Waals surface area (Å²) >= 11 is 6.50. The number of rotatable bonds is 8. The minimum absolute atomic E-state index is 0.246. The summed E-state index contributed by atoms with van der Waals surface area (Å²) < 4.78 is 0. The molecule has 2 atom stereocenters. The van der Waals surface area contributed by atoms with E-state index in [1.165, 1.54) is 16.7 Å². The molecule has 6 N–H and O–H groups in total. The van der Waals surface area contributed by atoms with Gasteiger partial charge in [0.15, 0.2) is 12.2 Å². The Labute approximate surface area is 226 Å². The van der Waals surface area contributed by atoms with Crippen LogP contribution >= 0.6 is 11.6 Å². The van der Waals surface area contributed by atoms with Crippen LogP contribution in [0.25, 0.3) is 0 Å². The summed E-state index contributed by atoms with van der Waals surface area (Å²) in [5, 5.41) is 40.3. The number of aliphatic hydroxyl groups is 2. The first-order chi connectivity index (χ1) is 18.2. The predicted octanol–water partition coefficient (Wildman–Crippen LogP) is 1.68. The Bertz CT molecular complexity index is 1100. The van der Waals surface area contributed by atoms with Gasteiger partial charge in [0.2, 0.25) is 5.91 Å². The van der Waals surface area contributed by atoms with Gasteiger partial charge in [0, 0.05) is 19.6 Å². The molecule has 0 bridgehead atoms. The van der Waals surface area contributed by atoms with Gasteiger partial charge in [-0.2, -0.15) is 0 Å². The Hall–Kier alpha value is -3.18. The van der Waals surface area contributed by atoms with E-state index in [0.717, 1.165) is 74.7 Å². The number of anilines is 1. The zero-order chi connectivity index (χ0) is 27.7. The van der Waals surface area contributed by atoms with Crippen molar-refractivity contribution in [2.45, 2.75) is 50.9 Å². The van der Waals surface area contributed by atoms with Crippen LogP contribution in [0.5, 0.6) is 0 Å². The zero-order valence-electron chi connectivity index (χ0n) is 21.0. The maximum atomic E-state index is 12.3. The van der Waals surface area contributed by atoms with Crippen LogP contribution in [0.3, 0.4) is 0 Å². The van der Waals surface area contributed by atoms with E-state index >= 15 is 0 Å². The number of aliphatic carboxylic acids is 2. The maximum Gasteiger partial charge on any atom is 0.335 e. The fraction of sp³-hybridized carbons (Fsp3) is 0.444. The number of carbonyl (C=O) groups excluding carboxylic acids is 1. The van der Waals surface area contributed by atoms with Crippen molar-refractivity contribution < 1.29 is 34.8 Å². The first-order valence-electron chi connectivity index (χ1n) is 12.6. The molecule has 2 aromatic rings. The Morgan fingerprint density at radius 1 is 0.895 bits per heavy atom. The summed E-state index contributed by atoms with van der Waals surface area (Å²) in [5.41, 5.74) is 6.06. The van der Waals surface area contributed by atoms with Crippen molar-refractivity contribution in [3.8, 4) is 0 Å². The van der Waals surface area contributed by atoms with Gasteiger partial charge in [0.05, 0.1) is 17.1 Å². The highest BCUT2D eigenvalue weighted by Gasteiger charge is 2.29. The standard InChI is InChI=1S/C23H28ClN3O.C4H6O6/c24-21-8-7-19-9-11-25-12-10-20(19)23(21)26-16-18-5-3-17(4-6-18)15-22(28)27-13-1-2-14-27;5-1(3(7)8)2(6)4(9)10/h3-8,25-26H,1-2,9-16H2;1-2,5-6H,(H,7,8)(H,9,10)/t;1-,2-/m.1/s1. The van der Waals surface area contributed by atoms with E-state index in [1.807, 2.05) is 11.0 Å². The molecule has 0 radical (unpaired) electrons. The quantitative estimate of drug-likeness (QED) is 0.289. The summed E-state index contributed by atoms with van der Waals surface area (Å²) in [7, 11) is 0. The molecule has 0 aromatic heterocycles. The number of fused-ring (bicyclic) bond motifs is 1. The summed E-state index contributed by atoms with van der Waals surface area (Å²) in [5.74, 6) is -3.29. The molecular weight excluding hydrogens is 514 g/mol. The molecule has 0 saturated carbocycles. The number of hydrogen-bond acceptors (Lipinski definition) is 7. The fourth-order valence-corrected chi connectivity index (χ4v) is 4.67. The SMILES string of the molecule is O=C(Cc1ccc(CNc2c(Cl)ccc3c2CCNCC3)cc1)N1CCCC1.O=C(O)[C@H](O)[C@@H](O)C(=O)O. The topological polar surface area (TPSA) is 159 Å². The van der Waals surface area contributed by atoms with Gasteiger partial charge in [-0.1, -0.05) is 41.9 Å². The third kappa shape index (κ3) is 8.16. The minimum Gasteiger partial charge on any atom is -0.479 e. The Morgan fingerprint density at radius 3 is 2.08 bits per heavy atom. The second-order valence-electron chi connectivity index (χ2n) is 9.31. The minimum atomic E-state index is -2.27. The molecule has 0 spiro atoms. The molecule has 2 aromatic carbocycles. The van der Waals surface area contributed by atoms with E-state index in [-0.39, 0.29) is 5.91 Å². The fourth-order valence-electron chi connectivity index (χ4n) is 4.42. The summed E-state index contributed by atoms with van der Waals surface area (Å²) in [6, 6.07) is 12.5. The molecule has 1 fully saturated rings. The van der Waals surface area contributed by atoms with Crippen molar-refractivity contribution in [2.24, 2.45) is 0 Å². The molecule has 38 heavy (non-hydrogen) atoms. The Kier molecular flexibility index (Phi) is 10.9. The van der Waals surface area contributed by atoms with Crippen molar-refractivity contribution in [2.75, 3.05) is 31.5 Å². The number of nitrogens with zero attached hydrogens (tertiary/aromatic N) is 1. The van der Waals surface area contributed by atoms with E-state index in [4.69, 9.17) is 32.0 Å². The molecule has 2 aliphatic heterocycles. The second-order valence-corrected chi connectivity index (χ2v) is 9.72. The molecule has 1 saturated heterocycles. The van der Waals surface area contributed by atoms with Gasteiger partial charge in [-0.25, -0.2) is 9.59 Å². The highest BCUT2D eigenvalue weighted by Crippen LogP contribution is 2.31. The monoisotopic (exact) mass is 547 g/mol. The lowest BCUT2D eigenvalue weighted by molar-refractivity contribution is -0.165. The molecule has 0 aliphatic carbocycles. The number of benzene rings is 2. The molecule has 0 unspecified atom stereocenters. The average Bonchev–Trinajstić information content (AvgIpc) is 3.34. The molecule has 2 aliphatic rings. The summed E-state index contributed by atoms with van der Waals surface area (Å²) in [6.45, 7) is 4.56. The highest BCUT2D eigenvalue weighted by atomic mass is 35.5. The van der Waals surface area contributed by atoms with Crippen LogP contribution in [0.2, 0.25) is 5.02 Å². The highest BCUT2D eigenvalue weighted by molar-refractivity contribution is 6.33. The van der Waals surface area contributed by atoms with Crippen LogP contribution in [0.15, 0.2) is 36.4 Å². The van der Waals surface area contributed by atoms with Crippen LogP contribution < -0.4 is 10.6 Å². The van der Waals surface area contributed by atoms with Gasteiger partial charge in [-0.3, -0.25) is 4.79 Å². The molecule has 11 heteroatoms. The lowest BCUT2D eigenvalue weighted by Gasteiger charge is -2.17. The largest absolute Gasteiger partial charge is 0.479 e. The van der Waals surface area contributed by atoms with Gasteiger partial charge < -0.3 is 36.0 Å². The molecular formula is C27H34ClN3O7. The first kappa shape index (κ1) is 29.4. The van der Waals surface area contributed by atoms with Crippen LogP contribution in [0.1, 0.15) is 35.1 Å². The van der Waals surface area contributed by atoms with E-state index < -0.39 is 24.1 Å². The number of carbonyl (C=O) groups is 3. The number of nitrogens with one attached hydrogen (secondary N) is 2. The van der Waals surface area contributed by atoms with E-state index in [2.05, 4.69) is 41.0 Å². The molecule has 4 rings (SSSR count). The second kappa shape index (κ2) is 14.1. The molecule has 206 valence electrons.